The number of carboxylic acid groups (broad SMARTS) is 1. The van der Waals surface area contributed by atoms with Crippen LogP contribution in [-0.4, -0.2) is 59.6 Å². The Morgan fingerprint density at radius 1 is 1.15 bits per heavy atom. The van der Waals surface area contributed by atoms with Crippen molar-refractivity contribution in [3.63, 3.8) is 0 Å². The summed E-state index contributed by atoms with van der Waals surface area (Å²) in [5, 5.41) is 9.23. The molecule has 2 heterocycles. The first-order chi connectivity index (χ1) is 23.2. The van der Waals surface area contributed by atoms with Crippen molar-refractivity contribution in [2.24, 2.45) is 4.99 Å². The molecular weight excluding hydrogens is 617 g/mol. The molecule has 1 aliphatic rings. The minimum atomic E-state index is -0.884. The van der Waals surface area contributed by atoms with E-state index < -0.39 is 5.97 Å². The maximum Gasteiger partial charge on any atom is 0.335 e. The number of aliphatic imine (C=N–C) groups is 1. The fourth-order valence-corrected chi connectivity index (χ4v) is 6.60. The zero-order valence-corrected chi connectivity index (χ0v) is 29.6. The number of hydrogen-bond acceptors (Lipinski definition) is 6. The number of methoxy groups -OCH3 is 1. The number of rotatable bonds is 14. The van der Waals surface area contributed by atoms with Crippen molar-refractivity contribution in [2.75, 3.05) is 26.8 Å². The molecule has 1 unspecified atom stereocenters. The van der Waals surface area contributed by atoms with Crippen LogP contribution < -0.4 is 4.72 Å². The van der Waals surface area contributed by atoms with Crippen LogP contribution in [0.1, 0.15) is 77.8 Å². The molecule has 0 amide bonds. The lowest BCUT2D eigenvalue weighted by Crippen LogP contribution is -2.40. The summed E-state index contributed by atoms with van der Waals surface area (Å²) in [4.78, 5) is 23.1. The van der Waals surface area contributed by atoms with Crippen molar-refractivity contribution in [2.45, 2.75) is 58.2 Å². The van der Waals surface area contributed by atoms with E-state index in [2.05, 4.69) is 78.4 Å². The molecule has 1 atom stereocenters. The lowest BCUT2D eigenvalue weighted by Gasteiger charge is -2.37. The van der Waals surface area contributed by atoms with Crippen LogP contribution in [0.4, 0.5) is 0 Å². The summed E-state index contributed by atoms with van der Waals surface area (Å²) in [5.41, 5.74) is 8.98. The largest absolute Gasteiger partial charge is 0.478 e. The standard InChI is InChI=1S/C40H48N4O3S/c1-7-33(14-13-29(3)42-39(26-47-6)43-48-27-32-11-9-8-10-12-32)37-19-22-41-30(4)38(37)25-28(2)31(5)44-23-20-35(21-24-44)34-15-17-36(18-16-34)40(45)46/h7-19,22,25,31,35H,3,20-21,23-24,26-27H2,1-2,4-6H3,(H,42,43)(H,45,46)/b14-13-,28-25+,33-7+. The molecule has 2 aromatic carbocycles. The van der Waals surface area contributed by atoms with Gasteiger partial charge in [-0.2, -0.15) is 0 Å². The van der Waals surface area contributed by atoms with E-state index in [4.69, 9.17) is 9.73 Å². The molecule has 252 valence electrons. The summed E-state index contributed by atoms with van der Waals surface area (Å²) in [6.45, 7) is 15.1. The molecule has 2 N–H and O–H groups in total. The SMILES string of the molecule is C=C(/C=C\C(=C/C)c1ccnc(C)c1/C=C(\C)C(C)N1CCC(c2ccc(C(=O)O)cc2)CC1)N=C(COC)NSCc1ccccc1. The van der Waals surface area contributed by atoms with Crippen molar-refractivity contribution in [3.05, 3.63) is 136 Å². The van der Waals surface area contributed by atoms with Gasteiger partial charge in [-0.15, -0.1) is 0 Å². The predicted octanol–water partition coefficient (Wildman–Crippen LogP) is 8.72. The molecule has 0 radical (unpaired) electrons. The lowest BCUT2D eigenvalue weighted by atomic mass is 9.88. The average Bonchev–Trinajstić information content (AvgIpc) is 3.10. The quantitative estimate of drug-likeness (QED) is 0.0772. The minimum absolute atomic E-state index is 0.276. The van der Waals surface area contributed by atoms with Crippen LogP contribution in [0, 0.1) is 6.92 Å². The van der Waals surface area contributed by atoms with Gasteiger partial charge in [0.15, 0.2) is 0 Å². The Hall–Kier alpha value is -4.24. The van der Waals surface area contributed by atoms with E-state index in [1.807, 2.05) is 49.5 Å². The number of pyridine rings is 1. The van der Waals surface area contributed by atoms with Crippen molar-refractivity contribution < 1.29 is 14.6 Å². The highest BCUT2D eigenvalue weighted by Gasteiger charge is 2.25. The zero-order chi connectivity index (χ0) is 34.5. The molecule has 8 heteroatoms. The number of likely N-dealkylation sites (tertiary alicyclic amines) is 1. The highest BCUT2D eigenvalue weighted by atomic mass is 32.2. The highest BCUT2D eigenvalue weighted by molar-refractivity contribution is 7.97. The van der Waals surface area contributed by atoms with E-state index in [1.165, 1.54) is 16.7 Å². The van der Waals surface area contributed by atoms with Crippen molar-refractivity contribution in [1.29, 1.82) is 0 Å². The van der Waals surface area contributed by atoms with Crippen LogP contribution in [0.5, 0.6) is 0 Å². The van der Waals surface area contributed by atoms with Gasteiger partial charge in [0.25, 0.3) is 0 Å². The van der Waals surface area contributed by atoms with E-state index in [1.54, 1.807) is 31.2 Å². The Kier molecular flexibility index (Phi) is 14.0. The predicted molar refractivity (Wildman–Crippen MR) is 201 cm³/mol. The van der Waals surface area contributed by atoms with Gasteiger partial charge in [0.05, 0.1) is 11.3 Å². The van der Waals surface area contributed by atoms with Crippen LogP contribution in [-0.2, 0) is 10.5 Å². The lowest BCUT2D eigenvalue weighted by molar-refractivity contribution is 0.0697. The third kappa shape index (κ3) is 10.4. The van der Waals surface area contributed by atoms with E-state index in [-0.39, 0.29) is 6.04 Å². The zero-order valence-electron chi connectivity index (χ0n) is 28.8. The Balaban J connectivity index is 1.42. The number of allylic oxidation sites excluding steroid dienone is 4. The van der Waals surface area contributed by atoms with Gasteiger partial charge in [-0.3, -0.25) is 9.88 Å². The fourth-order valence-electron chi connectivity index (χ4n) is 5.90. The van der Waals surface area contributed by atoms with Gasteiger partial charge < -0.3 is 14.6 Å². The number of nitrogens with zero attached hydrogens (tertiary/aromatic N) is 3. The van der Waals surface area contributed by atoms with E-state index in [9.17, 15) is 9.90 Å². The number of piperidine rings is 1. The summed E-state index contributed by atoms with van der Waals surface area (Å²) in [6.07, 6.45) is 12.4. The summed E-state index contributed by atoms with van der Waals surface area (Å²) < 4.78 is 8.69. The monoisotopic (exact) mass is 664 g/mol. The third-order valence-electron chi connectivity index (χ3n) is 8.84. The number of aromatic carboxylic acids is 1. The third-order valence-corrected chi connectivity index (χ3v) is 9.69. The molecule has 0 aliphatic carbocycles. The molecule has 48 heavy (non-hydrogen) atoms. The second kappa shape index (κ2) is 18.3. The van der Waals surface area contributed by atoms with Gasteiger partial charge in [0.2, 0.25) is 0 Å². The smallest absolute Gasteiger partial charge is 0.335 e. The Morgan fingerprint density at radius 2 is 1.85 bits per heavy atom. The molecule has 1 saturated heterocycles. The molecule has 7 nitrogen and oxygen atoms in total. The number of hydrogen-bond donors (Lipinski definition) is 2. The van der Waals surface area contributed by atoms with Gasteiger partial charge in [0.1, 0.15) is 12.4 Å². The highest BCUT2D eigenvalue weighted by Crippen LogP contribution is 2.31. The van der Waals surface area contributed by atoms with Crippen LogP contribution in [0.3, 0.4) is 0 Å². The van der Waals surface area contributed by atoms with Gasteiger partial charge in [-0.1, -0.05) is 72.8 Å². The number of carbonyl (C=O) groups is 1. The maximum atomic E-state index is 11.2. The summed E-state index contributed by atoms with van der Waals surface area (Å²) >= 11 is 1.57. The minimum Gasteiger partial charge on any atom is -0.478 e. The molecule has 1 fully saturated rings. The van der Waals surface area contributed by atoms with Gasteiger partial charge in [-0.05, 0) is 118 Å². The maximum absolute atomic E-state index is 11.2. The first-order valence-corrected chi connectivity index (χ1v) is 17.4. The number of ether oxygens (including phenoxy) is 1. The summed E-state index contributed by atoms with van der Waals surface area (Å²) in [6, 6.07) is 20.0. The second-order valence-corrected chi connectivity index (χ2v) is 12.9. The van der Waals surface area contributed by atoms with E-state index in [0.29, 0.717) is 29.6 Å². The van der Waals surface area contributed by atoms with Crippen molar-refractivity contribution in [3.8, 4) is 0 Å². The molecule has 1 aliphatic heterocycles. The molecular formula is C40H48N4O3S. The van der Waals surface area contributed by atoms with E-state index >= 15 is 0 Å². The number of nitrogens with one attached hydrogen (secondary N) is 1. The number of amidine groups is 1. The molecule has 4 rings (SSSR count). The fraction of sp³-hybridized carbons (Fsp3) is 0.325. The Morgan fingerprint density at radius 3 is 2.50 bits per heavy atom. The van der Waals surface area contributed by atoms with Gasteiger partial charge in [0, 0.05) is 36.4 Å². The van der Waals surface area contributed by atoms with Crippen LogP contribution in [0.15, 0.2) is 108 Å². The molecule has 0 saturated carbocycles. The average molecular weight is 665 g/mol. The van der Waals surface area contributed by atoms with Crippen LogP contribution in [0.25, 0.3) is 11.6 Å². The normalized spacial score (nSPS) is 15.9. The summed E-state index contributed by atoms with van der Waals surface area (Å²) in [7, 11) is 1.66. The van der Waals surface area contributed by atoms with Crippen molar-refractivity contribution >= 4 is 35.4 Å². The van der Waals surface area contributed by atoms with Crippen LogP contribution >= 0.6 is 11.9 Å². The first kappa shape index (κ1) is 36.6. The second-order valence-electron chi connectivity index (χ2n) is 12.1. The molecule has 0 spiro atoms. The topological polar surface area (TPSA) is 87.1 Å². The molecule has 1 aromatic heterocycles. The van der Waals surface area contributed by atoms with Crippen molar-refractivity contribution in [1.82, 2.24) is 14.6 Å². The van der Waals surface area contributed by atoms with E-state index in [0.717, 1.165) is 54.1 Å². The molecule has 0 bridgehead atoms. The van der Waals surface area contributed by atoms with Gasteiger partial charge in [-0.25, -0.2) is 9.79 Å². The Bertz CT molecular complexity index is 1650. The van der Waals surface area contributed by atoms with Crippen LogP contribution in [0.2, 0.25) is 0 Å². The molecule has 3 aromatic rings. The number of aryl methyl sites for hydroxylation is 1. The Labute approximate surface area is 290 Å². The number of carboxylic acids is 1. The first-order valence-electron chi connectivity index (χ1n) is 16.4. The summed E-state index contributed by atoms with van der Waals surface area (Å²) in [5.74, 6) is 1.09. The van der Waals surface area contributed by atoms with Gasteiger partial charge >= 0.3 is 5.97 Å². The number of benzene rings is 2. The number of aromatic nitrogens is 1.